The molecule has 0 heterocycles. The fourth-order valence-corrected chi connectivity index (χ4v) is 22.5. The van der Waals surface area contributed by atoms with Crippen LogP contribution in [0.1, 0.15) is 246 Å². The molecule has 0 rings (SSSR count). The number of hydrogen-bond donors (Lipinski definition) is 1. The van der Waals surface area contributed by atoms with Gasteiger partial charge in [-0.15, -0.1) is 0 Å². The second-order valence-corrected chi connectivity index (χ2v) is 36.3. The Hall–Kier alpha value is 0.468. The Kier molecular flexibility index (Phi) is 47.1. The summed E-state index contributed by atoms with van der Waals surface area (Å²) in [6.07, 6.45) is 40.0. The molecule has 0 aliphatic rings. The van der Waals surface area contributed by atoms with E-state index in [4.69, 9.17) is 35.4 Å². The monoisotopic (exact) mass is 1070 g/mol. The van der Waals surface area contributed by atoms with Crippen LogP contribution in [0, 0.1) is 0 Å². The topological polar surface area (TPSA) is 97.3 Å². The van der Waals surface area contributed by atoms with Gasteiger partial charge in [-0.3, -0.25) is 0 Å². The molecule has 0 saturated heterocycles. The van der Waals surface area contributed by atoms with Crippen LogP contribution in [-0.2, 0) is 35.4 Å². The summed E-state index contributed by atoms with van der Waals surface area (Å²) in [5.41, 5.74) is 0. The van der Waals surface area contributed by atoms with E-state index in [9.17, 15) is 5.11 Å². The second kappa shape index (κ2) is 46.7. The number of nitrogens with zero attached hydrogens (tertiary/aromatic N) is 1. The lowest BCUT2D eigenvalue weighted by Crippen LogP contribution is -2.50. The van der Waals surface area contributed by atoms with Crippen LogP contribution in [0.25, 0.3) is 0 Å². The van der Waals surface area contributed by atoms with Gasteiger partial charge in [0, 0.05) is 33.0 Å². The first-order valence-corrected chi connectivity index (χ1v) is 41.4. The lowest BCUT2D eigenvalue weighted by Gasteiger charge is -2.35. The third-order valence-corrected chi connectivity index (χ3v) is 24.3. The zero-order valence-electron chi connectivity index (χ0n) is 49.0. The maximum absolute atomic E-state index is 9.59. The van der Waals surface area contributed by atoms with Gasteiger partial charge in [-0.05, 0) is 149 Å². The maximum atomic E-state index is 9.59. The summed E-state index contributed by atoms with van der Waals surface area (Å²) in [5, 5.41) is 9.59. The summed E-state index contributed by atoms with van der Waals surface area (Å²) < 4.78 is 52.9. The highest BCUT2D eigenvalue weighted by Crippen LogP contribution is 2.25. The van der Waals surface area contributed by atoms with Gasteiger partial charge in [-0.1, -0.05) is 169 Å². The number of aliphatic hydroxyl groups excluding tert-OH is 1. The molecule has 0 spiro atoms. The molecule has 14 heteroatoms. The van der Waals surface area contributed by atoms with Crippen LogP contribution in [0.3, 0.4) is 0 Å². The zero-order valence-corrected chi connectivity index (χ0v) is 53.0. The molecule has 1 N–H and O–H groups in total. The molecule has 0 aromatic heterocycles. The summed E-state index contributed by atoms with van der Waals surface area (Å²) in [6, 6.07) is 0. The lowest BCUT2D eigenvalue weighted by atomic mass is 10.1. The zero-order chi connectivity index (χ0) is 52.1. The molecule has 0 bridgehead atoms. The fourth-order valence-electron chi connectivity index (χ4n) is 9.30. The Labute approximate surface area is 441 Å². The van der Waals surface area contributed by atoms with Crippen LogP contribution in [0.15, 0.2) is 0 Å². The van der Waals surface area contributed by atoms with Gasteiger partial charge < -0.3 is 45.4 Å². The highest BCUT2D eigenvalue weighted by molar-refractivity contribution is 6.79. The van der Waals surface area contributed by atoms with Crippen LogP contribution in [0.2, 0.25) is 52.4 Å². The van der Waals surface area contributed by atoms with Gasteiger partial charge in [-0.2, -0.15) is 0 Å². The van der Waals surface area contributed by atoms with Crippen molar-refractivity contribution in [2.75, 3.05) is 52.7 Å². The number of ether oxygens (including phenoxy) is 2. The average Bonchev–Trinajstić information content (AvgIpc) is 3.28. The second-order valence-electron chi connectivity index (χ2n) is 22.4. The molecule has 0 saturated carbocycles. The number of rotatable bonds is 56. The van der Waals surface area contributed by atoms with E-state index in [0.717, 1.165) is 136 Å². The minimum Gasteiger partial charge on any atom is -0.415 e. The van der Waals surface area contributed by atoms with Crippen molar-refractivity contribution in [3.8, 4) is 0 Å². The molecule has 0 amide bonds. The smallest absolute Gasteiger partial charge is 0.324 e. The average molecular weight is 1070 g/mol. The molecular formula is C56H123NO9Si4. The summed E-state index contributed by atoms with van der Waals surface area (Å²) in [6.45, 7) is 33.0. The molecule has 0 aromatic carbocycles. The Balaban J connectivity index is 5.27. The van der Waals surface area contributed by atoms with Crippen LogP contribution in [-0.4, -0.2) is 109 Å². The van der Waals surface area contributed by atoms with Crippen molar-refractivity contribution >= 4 is 34.2 Å². The Morgan fingerprint density at radius 3 is 0.943 bits per heavy atom. The van der Waals surface area contributed by atoms with Crippen molar-refractivity contribution < 1.29 is 40.5 Å². The van der Waals surface area contributed by atoms with Crippen molar-refractivity contribution in [3.63, 3.8) is 0 Å². The van der Waals surface area contributed by atoms with Crippen LogP contribution >= 0.6 is 0 Å². The quantitative estimate of drug-likeness (QED) is 0.0360. The molecule has 0 aromatic rings. The van der Waals surface area contributed by atoms with E-state index in [1.165, 1.54) is 128 Å². The van der Waals surface area contributed by atoms with E-state index in [1.807, 2.05) is 0 Å². The molecule has 0 radical (unpaired) electrons. The molecule has 70 heavy (non-hydrogen) atoms. The van der Waals surface area contributed by atoms with Gasteiger partial charge in [0.05, 0.1) is 0 Å². The van der Waals surface area contributed by atoms with Gasteiger partial charge >= 0.3 is 34.2 Å². The number of unbranched alkanes of at least 4 members (excludes halogenated alkanes) is 25. The molecule has 10 nitrogen and oxygen atoms in total. The summed E-state index contributed by atoms with van der Waals surface area (Å²) >= 11 is 0. The SMILES string of the molecule is CCCCCCCCOC(CCCCCN(CCCCO)CCCCCC(OCCCCCCCC)O[Si](C)(C)O[Si](C)(C)OCCCCCCCC)O[Si](C)(C)O[Si](C)(C)OCCCCCCCC. The van der Waals surface area contributed by atoms with Crippen molar-refractivity contribution in [2.45, 2.75) is 311 Å². The van der Waals surface area contributed by atoms with E-state index in [1.54, 1.807) is 0 Å². The van der Waals surface area contributed by atoms with Crippen molar-refractivity contribution in [2.24, 2.45) is 0 Å². The van der Waals surface area contributed by atoms with Gasteiger partial charge in [0.15, 0.2) is 0 Å². The van der Waals surface area contributed by atoms with Crippen LogP contribution in [0.4, 0.5) is 0 Å². The van der Waals surface area contributed by atoms with Crippen molar-refractivity contribution in [3.05, 3.63) is 0 Å². The van der Waals surface area contributed by atoms with E-state index < -0.39 is 34.2 Å². The van der Waals surface area contributed by atoms with E-state index in [-0.39, 0.29) is 19.2 Å². The highest BCUT2D eigenvalue weighted by Gasteiger charge is 2.39. The first-order valence-electron chi connectivity index (χ1n) is 30.1. The maximum Gasteiger partial charge on any atom is 0.324 e. The summed E-state index contributed by atoms with van der Waals surface area (Å²) in [4.78, 5) is 2.63. The lowest BCUT2D eigenvalue weighted by molar-refractivity contribution is -0.101. The largest absolute Gasteiger partial charge is 0.415 e. The number of aliphatic hydroxyl groups is 1. The van der Waals surface area contributed by atoms with Crippen LogP contribution in [0.5, 0.6) is 0 Å². The minimum absolute atomic E-state index is 0.236. The molecule has 0 fully saturated rings. The predicted octanol–water partition coefficient (Wildman–Crippen LogP) is 17.2. The predicted molar refractivity (Wildman–Crippen MR) is 309 cm³/mol. The molecule has 2 atom stereocenters. The Bertz CT molecular complexity index is 1030. The van der Waals surface area contributed by atoms with Crippen molar-refractivity contribution in [1.29, 1.82) is 0 Å². The highest BCUT2D eigenvalue weighted by atomic mass is 28.5. The molecule has 0 aliphatic carbocycles. The number of hydrogen-bond acceptors (Lipinski definition) is 10. The van der Waals surface area contributed by atoms with Crippen molar-refractivity contribution in [1.82, 2.24) is 4.90 Å². The third-order valence-electron chi connectivity index (χ3n) is 13.0. The first-order chi connectivity index (χ1) is 33.5. The summed E-state index contributed by atoms with van der Waals surface area (Å²) in [7, 11) is -9.65. The normalized spacial score (nSPS) is 13.8. The van der Waals surface area contributed by atoms with Crippen LogP contribution < -0.4 is 0 Å². The van der Waals surface area contributed by atoms with E-state index in [0.29, 0.717) is 0 Å². The van der Waals surface area contributed by atoms with E-state index in [2.05, 4.69) is 85.0 Å². The minimum atomic E-state index is -2.50. The summed E-state index contributed by atoms with van der Waals surface area (Å²) in [5.74, 6) is 0. The van der Waals surface area contributed by atoms with Gasteiger partial charge in [-0.25, -0.2) is 0 Å². The van der Waals surface area contributed by atoms with Gasteiger partial charge in [0.25, 0.3) is 0 Å². The molecule has 422 valence electrons. The van der Waals surface area contributed by atoms with Gasteiger partial charge in [0.1, 0.15) is 12.6 Å². The van der Waals surface area contributed by atoms with E-state index >= 15 is 0 Å². The Morgan fingerprint density at radius 2 is 0.614 bits per heavy atom. The molecule has 2 unspecified atom stereocenters. The first kappa shape index (κ1) is 70.5. The Morgan fingerprint density at radius 1 is 0.329 bits per heavy atom. The molecule has 0 aliphatic heterocycles. The third kappa shape index (κ3) is 47.0. The molecular weight excluding hydrogens is 943 g/mol. The standard InChI is InChI=1S/C56H123NO9Si4/c1-13-17-21-25-29-41-51-59-55(63-69(9,10)65-67(5,6)61-53-43-31-27-23-19-15-3)45-35-33-37-47-57(49-39-40-50-58)48-38-34-36-46-56(60-52-42-30-26-22-18-14-2)64-70(11,12)66-68(7,8)62-54-44-32-28-24-20-16-4/h55-56,58H,13-54H2,1-12H3. The van der Waals surface area contributed by atoms with Gasteiger partial charge in [0.2, 0.25) is 0 Å². The fraction of sp³-hybridized carbons (Fsp3) is 1.00.